The van der Waals surface area contributed by atoms with Crippen molar-refractivity contribution in [3.63, 3.8) is 0 Å². The second kappa shape index (κ2) is 5.49. The van der Waals surface area contributed by atoms with Crippen molar-refractivity contribution in [2.24, 2.45) is 0 Å². The van der Waals surface area contributed by atoms with E-state index < -0.39 is 0 Å². The predicted molar refractivity (Wildman–Crippen MR) is 91.9 cm³/mol. The molecule has 0 spiro atoms. The summed E-state index contributed by atoms with van der Waals surface area (Å²) in [7, 11) is 0. The number of fused-ring (bicyclic) bond motifs is 2. The number of carbonyl (C=O) groups is 1. The van der Waals surface area contributed by atoms with Crippen molar-refractivity contribution in [1.29, 1.82) is 0 Å². The fourth-order valence-electron chi connectivity index (χ4n) is 2.94. The lowest BCUT2D eigenvalue weighted by molar-refractivity contribution is -0.115. The van der Waals surface area contributed by atoms with Crippen LogP contribution in [0.3, 0.4) is 0 Å². The minimum absolute atomic E-state index is 0.136. The van der Waals surface area contributed by atoms with Crippen LogP contribution in [0.25, 0.3) is 22.0 Å². The fourth-order valence-corrected chi connectivity index (χ4v) is 2.94. The van der Waals surface area contributed by atoms with Crippen molar-refractivity contribution < 1.29 is 9.32 Å². The van der Waals surface area contributed by atoms with Gasteiger partial charge in [0.05, 0.1) is 23.8 Å². The number of aromatic nitrogens is 3. The number of benzene rings is 2. The first-order chi connectivity index (χ1) is 11.6. The van der Waals surface area contributed by atoms with Gasteiger partial charge in [-0.1, -0.05) is 11.2 Å². The smallest absolute Gasteiger partial charge is 0.230 e. The van der Waals surface area contributed by atoms with E-state index in [2.05, 4.69) is 20.4 Å². The Bertz CT molecular complexity index is 1060. The molecular formula is C18H16N4O2. The number of nitrogens with one attached hydrogen (secondary N) is 2. The summed E-state index contributed by atoms with van der Waals surface area (Å²) in [6, 6.07) is 9.58. The molecular weight excluding hydrogens is 304 g/mol. The maximum Gasteiger partial charge on any atom is 0.230 e. The minimum Gasteiger partial charge on any atom is -0.356 e. The van der Waals surface area contributed by atoms with Crippen LogP contribution in [0.5, 0.6) is 0 Å². The number of amides is 1. The van der Waals surface area contributed by atoms with Crippen LogP contribution < -0.4 is 5.32 Å². The first-order valence-corrected chi connectivity index (χ1v) is 7.68. The van der Waals surface area contributed by atoms with Crippen LogP contribution in [0.2, 0.25) is 0 Å². The zero-order valence-electron chi connectivity index (χ0n) is 13.4. The average molecular weight is 320 g/mol. The van der Waals surface area contributed by atoms with Gasteiger partial charge in [-0.05, 0) is 49.2 Å². The lowest BCUT2D eigenvalue weighted by Crippen LogP contribution is -2.14. The van der Waals surface area contributed by atoms with E-state index in [0.29, 0.717) is 5.69 Å². The summed E-state index contributed by atoms with van der Waals surface area (Å²) in [5.74, 6) is -0.136. The lowest BCUT2D eigenvalue weighted by atomic mass is 10.1. The number of aryl methyl sites for hydroxylation is 2. The Hall–Kier alpha value is -3.15. The van der Waals surface area contributed by atoms with Crippen LogP contribution in [-0.4, -0.2) is 21.0 Å². The molecule has 0 fully saturated rings. The summed E-state index contributed by atoms with van der Waals surface area (Å²) < 4.78 is 5.39. The van der Waals surface area contributed by atoms with Gasteiger partial charge in [-0.15, -0.1) is 0 Å². The molecule has 0 bridgehead atoms. The molecule has 2 N–H and O–H groups in total. The van der Waals surface area contributed by atoms with Crippen molar-refractivity contribution in [3.8, 4) is 0 Å². The van der Waals surface area contributed by atoms with Gasteiger partial charge < -0.3 is 14.8 Å². The van der Waals surface area contributed by atoms with Gasteiger partial charge in [-0.25, -0.2) is 4.98 Å². The van der Waals surface area contributed by atoms with Gasteiger partial charge in [0, 0.05) is 11.1 Å². The van der Waals surface area contributed by atoms with Crippen LogP contribution in [0.4, 0.5) is 5.69 Å². The number of hydrogen-bond donors (Lipinski definition) is 2. The number of nitrogens with zero attached hydrogens (tertiary/aromatic N) is 2. The van der Waals surface area contributed by atoms with E-state index in [-0.39, 0.29) is 12.3 Å². The molecule has 0 saturated heterocycles. The third kappa shape index (κ3) is 2.52. The van der Waals surface area contributed by atoms with E-state index in [0.717, 1.165) is 38.8 Å². The van der Waals surface area contributed by atoms with E-state index in [1.54, 1.807) is 6.33 Å². The Morgan fingerprint density at radius 2 is 2.12 bits per heavy atom. The molecule has 2 aromatic heterocycles. The largest absolute Gasteiger partial charge is 0.356 e. The Morgan fingerprint density at radius 3 is 3.00 bits per heavy atom. The summed E-state index contributed by atoms with van der Waals surface area (Å²) >= 11 is 0. The Morgan fingerprint density at radius 1 is 1.25 bits per heavy atom. The number of aromatic amines is 1. The highest BCUT2D eigenvalue weighted by Crippen LogP contribution is 2.24. The minimum atomic E-state index is -0.136. The number of rotatable bonds is 3. The molecule has 0 atom stereocenters. The number of hydrogen-bond acceptors (Lipinski definition) is 4. The van der Waals surface area contributed by atoms with Gasteiger partial charge in [0.2, 0.25) is 5.91 Å². The van der Waals surface area contributed by atoms with E-state index in [9.17, 15) is 4.79 Å². The Kier molecular flexibility index (Phi) is 3.30. The van der Waals surface area contributed by atoms with Crippen molar-refractivity contribution >= 4 is 33.6 Å². The van der Waals surface area contributed by atoms with Gasteiger partial charge >= 0.3 is 0 Å². The molecule has 2 aromatic carbocycles. The standard InChI is InChI=1S/C18H16N4O2/c1-10-5-11(2)18-13(6-10)15(22-24-18)8-17(23)21-12-3-4-14-16(7-12)20-9-19-14/h3-7,9H,8H2,1-2H3,(H,19,20)(H,21,23). The van der Waals surface area contributed by atoms with Crippen LogP contribution in [0.1, 0.15) is 16.8 Å². The highest BCUT2D eigenvalue weighted by molar-refractivity contribution is 5.96. The van der Waals surface area contributed by atoms with Gasteiger partial charge in [0.15, 0.2) is 5.58 Å². The topological polar surface area (TPSA) is 83.8 Å². The molecule has 2 heterocycles. The van der Waals surface area contributed by atoms with E-state index in [1.165, 1.54) is 0 Å². The molecule has 6 nitrogen and oxygen atoms in total. The molecule has 120 valence electrons. The average Bonchev–Trinajstić information content (AvgIpc) is 3.14. The molecule has 4 aromatic rings. The summed E-state index contributed by atoms with van der Waals surface area (Å²) in [6.07, 6.45) is 1.79. The summed E-state index contributed by atoms with van der Waals surface area (Å²) in [4.78, 5) is 19.5. The lowest BCUT2D eigenvalue weighted by Gasteiger charge is -2.04. The molecule has 0 unspecified atom stereocenters. The van der Waals surface area contributed by atoms with Crippen molar-refractivity contribution in [2.75, 3.05) is 5.32 Å². The molecule has 4 rings (SSSR count). The third-order valence-corrected chi connectivity index (χ3v) is 4.01. The van der Waals surface area contributed by atoms with Gasteiger partial charge in [-0.2, -0.15) is 0 Å². The van der Waals surface area contributed by atoms with Crippen LogP contribution in [0.15, 0.2) is 41.2 Å². The SMILES string of the molecule is Cc1cc(C)c2onc(CC(=O)Nc3ccc4nc[nH]c4c3)c2c1. The summed E-state index contributed by atoms with van der Waals surface area (Å²) in [6.45, 7) is 3.99. The zero-order chi connectivity index (χ0) is 16.7. The van der Waals surface area contributed by atoms with E-state index in [4.69, 9.17) is 4.52 Å². The van der Waals surface area contributed by atoms with Crippen LogP contribution in [-0.2, 0) is 11.2 Å². The van der Waals surface area contributed by atoms with Crippen LogP contribution in [0, 0.1) is 13.8 Å². The first kappa shape index (κ1) is 14.4. The molecule has 1 amide bonds. The Balaban J connectivity index is 1.57. The number of imidazole rings is 1. The van der Waals surface area contributed by atoms with E-state index in [1.807, 2.05) is 44.2 Å². The summed E-state index contributed by atoms with van der Waals surface area (Å²) in [5, 5.41) is 7.85. The highest BCUT2D eigenvalue weighted by Gasteiger charge is 2.14. The van der Waals surface area contributed by atoms with Crippen molar-refractivity contribution in [3.05, 3.63) is 53.5 Å². The van der Waals surface area contributed by atoms with Crippen molar-refractivity contribution in [2.45, 2.75) is 20.3 Å². The first-order valence-electron chi connectivity index (χ1n) is 7.68. The third-order valence-electron chi connectivity index (χ3n) is 4.01. The van der Waals surface area contributed by atoms with Gasteiger partial charge in [0.25, 0.3) is 0 Å². The van der Waals surface area contributed by atoms with Gasteiger partial charge in [0.1, 0.15) is 5.69 Å². The zero-order valence-corrected chi connectivity index (χ0v) is 13.4. The molecule has 0 radical (unpaired) electrons. The van der Waals surface area contributed by atoms with E-state index >= 15 is 0 Å². The molecule has 0 aliphatic carbocycles. The quantitative estimate of drug-likeness (QED) is 0.605. The summed E-state index contributed by atoms with van der Waals surface area (Å²) in [5.41, 5.74) is 5.99. The maximum atomic E-state index is 12.3. The molecule has 6 heteroatoms. The number of carbonyl (C=O) groups excluding carboxylic acids is 1. The highest BCUT2D eigenvalue weighted by atomic mass is 16.5. The van der Waals surface area contributed by atoms with Gasteiger partial charge in [-0.3, -0.25) is 4.79 Å². The normalized spacial score (nSPS) is 11.2. The van der Waals surface area contributed by atoms with Crippen molar-refractivity contribution in [1.82, 2.24) is 15.1 Å². The fraction of sp³-hybridized carbons (Fsp3) is 0.167. The monoisotopic (exact) mass is 320 g/mol. The molecule has 24 heavy (non-hydrogen) atoms. The molecule has 0 saturated carbocycles. The number of H-pyrrole nitrogens is 1. The maximum absolute atomic E-state index is 12.3. The van der Waals surface area contributed by atoms with Crippen LogP contribution >= 0.6 is 0 Å². The second-order valence-corrected chi connectivity index (χ2v) is 5.95. The second-order valence-electron chi connectivity index (χ2n) is 5.95. The number of anilines is 1. The molecule has 0 aliphatic heterocycles. The Labute approximate surface area is 137 Å². The predicted octanol–water partition coefficient (Wildman–Crippen LogP) is 3.50. The molecule has 0 aliphatic rings.